The maximum Gasteiger partial charge on any atom is 0.256 e. The third kappa shape index (κ3) is 2.69. The van der Waals surface area contributed by atoms with Gasteiger partial charge in [0.2, 0.25) is 0 Å². The number of morpholine rings is 1. The maximum absolute atomic E-state index is 12.2. The number of nitrogens with one attached hydrogen (secondary N) is 1. The molecule has 0 saturated carbocycles. The van der Waals surface area contributed by atoms with Crippen molar-refractivity contribution >= 4 is 23.2 Å². The van der Waals surface area contributed by atoms with Gasteiger partial charge >= 0.3 is 0 Å². The number of carbonyl (C=O) groups is 1. The molecule has 0 unspecified atom stereocenters. The van der Waals surface area contributed by atoms with Crippen molar-refractivity contribution < 1.29 is 9.53 Å². The number of hydrazine groups is 1. The van der Waals surface area contributed by atoms with Crippen LogP contribution < -0.4 is 11.3 Å². The Labute approximate surface area is 104 Å². The van der Waals surface area contributed by atoms with Crippen LogP contribution in [0, 0.1) is 0 Å². The molecule has 0 radical (unpaired) electrons. The van der Waals surface area contributed by atoms with Gasteiger partial charge in [-0.3, -0.25) is 10.6 Å². The van der Waals surface area contributed by atoms with Gasteiger partial charge in [-0.1, -0.05) is 11.6 Å². The van der Waals surface area contributed by atoms with Gasteiger partial charge in [0.15, 0.2) is 0 Å². The molecule has 1 heterocycles. The number of rotatable bonds is 2. The van der Waals surface area contributed by atoms with Gasteiger partial charge < -0.3 is 15.1 Å². The summed E-state index contributed by atoms with van der Waals surface area (Å²) in [7, 11) is 0. The Balaban J connectivity index is 2.25. The maximum atomic E-state index is 12.2. The van der Waals surface area contributed by atoms with Crippen molar-refractivity contribution in [3.05, 3.63) is 28.8 Å². The smallest absolute Gasteiger partial charge is 0.256 e. The van der Waals surface area contributed by atoms with E-state index in [1.54, 1.807) is 23.1 Å². The van der Waals surface area contributed by atoms with Gasteiger partial charge in [-0.25, -0.2) is 0 Å². The minimum atomic E-state index is -0.0799. The molecular formula is C11H14ClN3O2. The molecular weight excluding hydrogens is 242 g/mol. The number of nitrogens with zero attached hydrogens (tertiary/aromatic N) is 1. The number of nitrogen functional groups attached to an aromatic ring is 1. The van der Waals surface area contributed by atoms with Crippen LogP contribution in [0.15, 0.2) is 18.2 Å². The minimum absolute atomic E-state index is 0.0799. The van der Waals surface area contributed by atoms with Crippen LogP contribution in [0.2, 0.25) is 5.02 Å². The molecule has 0 atom stereocenters. The summed E-state index contributed by atoms with van der Waals surface area (Å²) < 4.78 is 5.21. The van der Waals surface area contributed by atoms with Crippen LogP contribution in [0.1, 0.15) is 10.4 Å². The van der Waals surface area contributed by atoms with E-state index in [2.05, 4.69) is 5.43 Å². The van der Waals surface area contributed by atoms with Crippen molar-refractivity contribution in [2.75, 3.05) is 31.7 Å². The van der Waals surface area contributed by atoms with Crippen molar-refractivity contribution in [1.82, 2.24) is 4.90 Å². The van der Waals surface area contributed by atoms with Crippen LogP contribution >= 0.6 is 11.6 Å². The standard InChI is InChI=1S/C11H14ClN3O2/c12-8-1-2-10(14-13)9(7-8)11(16)15-3-5-17-6-4-15/h1-2,7,14H,3-6,13H2. The second-order valence-corrected chi connectivity index (χ2v) is 4.18. The highest BCUT2D eigenvalue weighted by molar-refractivity contribution is 6.31. The van der Waals surface area contributed by atoms with Crippen molar-refractivity contribution in [2.45, 2.75) is 0 Å². The zero-order chi connectivity index (χ0) is 12.3. The van der Waals surface area contributed by atoms with E-state index in [4.69, 9.17) is 22.2 Å². The van der Waals surface area contributed by atoms with E-state index < -0.39 is 0 Å². The normalized spacial score (nSPS) is 15.8. The van der Waals surface area contributed by atoms with Crippen LogP contribution in [0.5, 0.6) is 0 Å². The Morgan fingerprint density at radius 2 is 2.12 bits per heavy atom. The van der Waals surface area contributed by atoms with E-state index in [9.17, 15) is 4.79 Å². The molecule has 1 saturated heterocycles. The third-order valence-electron chi connectivity index (χ3n) is 2.67. The average molecular weight is 256 g/mol. The number of hydrogen-bond acceptors (Lipinski definition) is 4. The van der Waals surface area contributed by atoms with Gasteiger partial charge in [0.05, 0.1) is 24.5 Å². The van der Waals surface area contributed by atoms with Crippen molar-refractivity contribution in [1.29, 1.82) is 0 Å². The Kier molecular flexibility index (Phi) is 3.83. The highest BCUT2D eigenvalue weighted by Crippen LogP contribution is 2.21. The Hall–Kier alpha value is -1.30. The molecule has 1 amide bonds. The summed E-state index contributed by atoms with van der Waals surface area (Å²) in [6.07, 6.45) is 0. The fraction of sp³-hybridized carbons (Fsp3) is 0.364. The fourth-order valence-electron chi connectivity index (χ4n) is 1.76. The molecule has 92 valence electrons. The fourth-order valence-corrected chi connectivity index (χ4v) is 1.93. The SMILES string of the molecule is NNc1ccc(Cl)cc1C(=O)N1CCOCC1. The molecule has 2 rings (SSSR count). The van der Waals surface area contributed by atoms with Gasteiger partial charge in [0.1, 0.15) is 0 Å². The predicted octanol–water partition coefficient (Wildman–Crippen LogP) is 1.10. The van der Waals surface area contributed by atoms with Crippen LogP contribution in [0.3, 0.4) is 0 Å². The van der Waals surface area contributed by atoms with E-state index in [0.29, 0.717) is 42.6 Å². The molecule has 0 aliphatic carbocycles. The van der Waals surface area contributed by atoms with Gasteiger partial charge in [0.25, 0.3) is 5.91 Å². The highest BCUT2D eigenvalue weighted by atomic mass is 35.5. The first kappa shape index (κ1) is 12.2. The summed E-state index contributed by atoms with van der Waals surface area (Å²) in [6.45, 7) is 2.32. The Bertz CT molecular complexity index is 419. The average Bonchev–Trinajstić information content (AvgIpc) is 2.39. The molecule has 3 N–H and O–H groups in total. The Morgan fingerprint density at radius 1 is 1.41 bits per heavy atom. The first-order chi connectivity index (χ1) is 8.22. The quantitative estimate of drug-likeness (QED) is 0.613. The third-order valence-corrected chi connectivity index (χ3v) is 2.90. The van der Waals surface area contributed by atoms with Crippen molar-refractivity contribution in [3.8, 4) is 0 Å². The second kappa shape index (κ2) is 5.35. The Morgan fingerprint density at radius 3 is 2.76 bits per heavy atom. The van der Waals surface area contributed by atoms with Gasteiger partial charge in [0, 0.05) is 18.1 Å². The van der Waals surface area contributed by atoms with Crippen LogP contribution in [-0.4, -0.2) is 37.1 Å². The summed E-state index contributed by atoms with van der Waals surface area (Å²) in [5, 5.41) is 0.514. The number of carbonyl (C=O) groups excluding carboxylic acids is 1. The number of ether oxygens (including phenoxy) is 1. The molecule has 1 aromatic carbocycles. The second-order valence-electron chi connectivity index (χ2n) is 3.74. The molecule has 1 aromatic rings. The lowest BCUT2D eigenvalue weighted by molar-refractivity contribution is 0.0303. The van der Waals surface area contributed by atoms with E-state index in [1.165, 1.54) is 0 Å². The minimum Gasteiger partial charge on any atom is -0.378 e. The number of nitrogens with two attached hydrogens (primary N) is 1. The molecule has 1 aliphatic rings. The van der Waals surface area contributed by atoms with Gasteiger partial charge in [-0.15, -0.1) is 0 Å². The first-order valence-electron chi connectivity index (χ1n) is 5.35. The number of hydrogen-bond donors (Lipinski definition) is 2. The summed E-state index contributed by atoms with van der Waals surface area (Å²) in [6, 6.07) is 5.00. The lowest BCUT2D eigenvalue weighted by Gasteiger charge is -2.27. The molecule has 17 heavy (non-hydrogen) atoms. The zero-order valence-corrected chi connectivity index (χ0v) is 10.0. The highest BCUT2D eigenvalue weighted by Gasteiger charge is 2.21. The van der Waals surface area contributed by atoms with Crippen molar-refractivity contribution in [3.63, 3.8) is 0 Å². The predicted molar refractivity (Wildman–Crippen MR) is 66.0 cm³/mol. The molecule has 0 spiro atoms. The molecule has 5 nitrogen and oxygen atoms in total. The topological polar surface area (TPSA) is 67.6 Å². The monoisotopic (exact) mass is 255 g/mol. The lowest BCUT2D eigenvalue weighted by atomic mass is 10.1. The van der Waals surface area contributed by atoms with E-state index >= 15 is 0 Å². The molecule has 1 fully saturated rings. The molecule has 0 bridgehead atoms. The molecule has 0 aromatic heterocycles. The summed E-state index contributed by atoms with van der Waals surface area (Å²) in [4.78, 5) is 14.0. The number of benzene rings is 1. The summed E-state index contributed by atoms with van der Waals surface area (Å²) in [5.41, 5.74) is 3.57. The summed E-state index contributed by atoms with van der Waals surface area (Å²) in [5.74, 6) is 5.30. The molecule has 6 heteroatoms. The number of amides is 1. The molecule has 1 aliphatic heterocycles. The van der Waals surface area contributed by atoms with E-state index in [1.807, 2.05) is 0 Å². The largest absolute Gasteiger partial charge is 0.378 e. The van der Waals surface area contributed by atoms with Crippen molar-refractivity contribution in [2.24, 2.45) is 5.84 Å². The van der Waals surface area contributed by atoms with E-state index in [0.717, 1.165) is 0 Å². The van der Waals surface area contributed by atoms with Gasteiger partial charge in [-0.05, 0) is 18.2 Å². The first-order valence-corrected chi connectivity index (χ1v) is 5.73. The summed E-state index contributed by atoms with van der Waals surface area (Å²) >= 11 is 5.89. The number of halogens is 1. The van der Waals surface area contributed by atoms with Crippen LogP contribution in [0.4, 0.5) is 5.69 Å². The number of anilines is 1. The lowest BCUT2D eigenvalue weighted by Crippen LogP contribution is -2.41. The van der Waals surface area contributed by atoms with E-state index in [-0.39, 0.29) is 5.91 Å². The van der Waals surface area contributed by atoms with Gasteiger partial charge in [-0.2, -0.15) is 0 Å². The zero-order valence-electron chi connectivity index (χ0n) is 9.28. The van der Waals surface area contributed by atoms with Crippen LogP contribution in [-0.2, 0) is 4.74 Å². The van der Waals surface area contributed by atoms with Crippen LogP contribution in [0.25, 0.3) is 0 Å².